The van der Waals surface area contributed by atoms with E-state index < -0.39 is 0 Å². The number of carbonyl (C=O) groups excluding carboxylic acids is 1. The van der Waals surface area contributed by atoms with Crippen LogP contribution in [0, 0.1) is 10.8 Å². The molecule has 0 aromatic rings. The van der Waals surface area contributed by atoms with Crippen LogP contribution in [0.3, 0.4) is 0 Å². The second kappa shape index (κ2) is 6.40. The molecule has 108 valence electrons. The Bertz CT molecular complexity index is 353. The van der Waals surface area contributed by atoms with Crippen molar-refractivity contribution < 1.29 is 4.79 Å². The van der Waals surface area contributed by atoms with Crippen molar-refractivity contribution in [3.63, 3.8) is 0 Å². The summed E-state index contributed by atoms with van der Waals surface area (Å²) in [6, 6.07) is 0. The van der Waals surface area contributed by atoms with Crippen LogP contribution < -0.4 is 0 Å². The Hall–Kier alpha value is -1.05. The van der Waals surface area contributed by atoms with Gasteiger partial charge in [0, 0.05) is 24.9 Å². The zero-order valence-corrected chi connectivity index (χ0v) is 13.2. The molecule has 0 aliphatic carbocycles. The fourth-order valence-corrected chi connectivity index (χ4v) is 3.41. The van der Waals surface area contributed by atoms with Crippen molar-refractivity contribution in [2.75, 3.05) is 13.1 Å². The lowest BCUT2D eigenvalue weighted by molar-refractivity contribution is -0.129. The van der Waals surface area contributed by atoms with Crippen LogP contribution in [0.4, 0.5) is 0 Å². The van der Waals surface area contributed by atoms with E-state index in [4.69, 9.17) is 0 Å². The zero-order valence-electron chi connectivity index (χ0n) is 13.2. The Balaban J connectivity index is 2.73. The number of nitrogens with zero attached hydrogens (tertiary/aromatic N) is 1. The van der Waals surface area contributed by atoms with Crippen LogP contribution in [0.2, 0.25) is 0 Å². The second-order valence-electron chi connectivity index (χ2n) is 6.77. The minimum Gasteiger partial charge on any atom is -0.342 e. The fraction of sp³-hybridized carbons (Fsp3) is 0.706. The second-order valence-corrected chi connectivity index (χ2v) is 6.77. The molecule has 0 saturated carbocycles. The van der Waals surface area contributed by atoms with E-state index in [1.165, 1.54) is 0 Å². The highest BCUT2D eigenvalue weighted by Crippen LogP contribution is 2.37. The summed E-state index contributed by atoms with van der Waals surface area (Å²) in [5, 5.41) is 0. The highest BCUT2D eigenvalue weighted by atomic mass is 16.2. The molecule has 0 bridgehead atoms. The van der Waals surface area contributed by atoms with Gasteiger partial charge >= 0.3 is 0 Å². The van der Waals surface area contributed by atoms with E-state index in [9.17, 15) is 4.79 Å². The molecule has 0 unspecified atom stereocenters. The maximum atomic E-state index is 11.8. The molecule has 1 fully saturated rings. The van der Waals surface area contributed by atoms with E-state index in [1.54, 1.807) is 0 Å². The lowest BCUT2D eigenvalue weighted by atomic mass is 9.73. The lowest BCUT2D eigenvalue weighted by Crippen LogP contribution is -2.37. The van der Waals surface area contributed by atoms with Gasteiger partial charge in [0.1, 0.15) is 0 Å². The molecule has 1 heterocycles. The molecule has 0 spiro atoms. The maximum absolute atomic E-state index is 11.8. The highest BCUT2D eigenvalue weighted by molar-refractivity contribution is 5.78. The van der Waals surface area contributed by atoms with Gasteiger partial charge in [0.25, 0.3) is 0 Å². The van der Waals surface area contributed by atoms with E-state index in [0.29, 0.717) is 5.91 Å². The predicted octanol–water partition coefficient (Wildman–Crippen LogP) is 4.18. The molecule has 0 aromatic heterocycles. The third kappa shape index (κ3) is 4.85. The third-order valence-corrected chi connectivity index (χ3v) is 3.74. The van der Waals surface area contributed by atoms with Gasteiger partial charge in [0.2, 0.25) is 5.91 Å². The Morgan fingerprint density at radius 2 is 1.74 bits per heavy atom. The number of hydrogen-bond donors (Lipinski definition) is 0. The number of rotatable bonds is 6. The minimum absolute atomic E-state index is 0.0791. The van der Waals surface area contributed by atoms with Crippen molar-refractivity contribution in [3.05, 3.63) is 24.3 Å². The van der Waals surface area contributed by atoms with Crippen LogP contribution in [-0.4, -0.2) is 23.9 Å². The Morgan fingerprint density at radius 3 is 2.16 bits per heavy atom. The number of hydrogen-bond acceptors (Lipinski definition) is 1. The molecular formula is C17H29NO. The first-order valence-corrected chi connectivity index (χ1v) is 7.37. The average Bonchev–Trinajstić information content (AvgIpc) is 2.62. The zero-order chi connectivity index (χ0) is 14.5. The first-order valence-electron chi connectivity index (χ1n) is 7.37. The van der Waals surface area contributed by atoms with Gasteiger partial charge in [0.15, 0.2) is 0 Å². The van der Waals surface area contributed by atoms with Crippen molar-refractivity contribution in [3.8, 4) is 0 Å². The Morgan fingerprint density at radius 1 is 1.16 bits per heavy atom. The third-order valence-electron chi connectivity index (χ3n) is 3.74. The summed E-state index contributed by atoms with van der Waals surface area (Å²) in [6.07, 6.45) is 11.6. The van der Waals surface area contributed by atoms with Crippen LogP contribution in [0.1, 0.15) is 53.9 Å². The SMILES string of the molecule is CC=CC(C)(C=CC)CC(C)(C)CN1CCCC1=O. The first-order chi connectivity index (χ1) is 8.82. The van der Waals surface area contributed by atoms with Gasteiger partial charge in [-0.2, -0.15) is 0 Å². The summed E-state index contributed by atoms with van der Waals surface area (Å²) in [5.74, 6) is 0.326. The summed E-state index contributed by atoms with van der Waals surface area (Å²) in [5.41, 5.74) is 0.212. The molecule has 2 nitrogen and oxygen atoms in total. The minimum atomic E-state index is 0.0791. The quantitative estimate of drug-likeness (QED) is 0.658. The largest absolute Gasteiger partial charge is 0.342 e. The summed E-state index contributed by atoms with van der Waals surface area (Å²) in [7, 11) is 0. The molecule has 2 heteroatoms. The molecule has 0 radical (unpaired) electrons. The molecule has 1 amide bonds. The van der Waals surface area contributed by atoms with Gasteiger partial charge in [-0.1, -0.05) is 45.1 Å². The van der Waals surface area contributed by atoms with Crippen molar-refractivity contribution in [2.45, 2.75) is 53.9 Å². The fourth-order valence-electron chi connectivity index (χ4n) is 3.41. The summed E-state index contributed by atoms with van der Waals surface area (Å²) >= 11 is 0. The van der Waals surface area contributed by atoms with Crippen LogP contribution >= 0.6 is 0 Å². The van der Waals surface area contributed by atoms with Crippen molar-refractivity contribution >= 4 is 5.91 Å². The lowest BCUT2D eigenvalue weighted by Gasteiger charge is -2.36. The van der Waals surface area contributed by atoms with Crippen molar-refractivity contribution in [1.82, 2.24) is 4.90 Å². The number of allylic oxidation sites excluding steroid dienone is 4. The van der Waals surface area contributed by atoms with E-state index in [0.717, 1.165) is 32.4 Å². The summed E-state index contributed by atoms with van der Waals surface area (Å²) in [6.45, 7) is 12.7. The van der Waals surface area contributed by atoms with E-state index >= 15 is 0 Å². The normalized spacial score (nSPS) is 20.7. The Labute approximate surface area is 118 Å². The van der Waals surface area contributed by atoms with Gasteiger partial charge in [-0.25, -0.2) is 0 Å². The van der Waals surface area contributed by atoms with Gasteiger partial charge in [-0.15, -0.1) is 0 Å². The molecule has 1 aliphatic rings. The molecule has 1 aliphatic heterocycles. The van der Waals surface area contributed by atoms with Crippen molar-refractivity contribution in [1.29, 1.82) is 0 Å². The van der Waals surface area contributed by atoms with Crippen LogP contribution in [-0.2, 0) is 4.79 Å². The van der Waals surface area contributed by atoms with E-state index in [2.05, 4.69) is 58.9 Å². The molecular weight excluding hydrogens is 234 g/mol. The van der Waals surface area contributed by atoms with Crippen LogP contribution in [0.5, 0.6) is 0 Å². The molecule has 0 aromatic carbocycles. The first kappa shape index (κ1) is 16.0. The highest BCUT2D eigenvalue weighted by Gasteiger charge is 2.32. The summed E-state index contributed by atoms with van der Waals surface area (Å²) in [4.78, 5) is 13.8. The summed E-state index contributed by atoms with van der Waals surface area (Å²) < 4.78 is 0. The van der Waals surface area contributed by atoms with Gasteiger partial charge in [-0.3, -0.25) is 4.79 Å². The standard InChI is InChI=1S/C17H29NO/c1-6-10-17(5,11-7-2)13-16(3,4)14-18-12-8-9-15(18)19/h6-7,10-11H,8-9,12-14H2,1-5H3. The van der Waals surface area contributed by atoms with Gasteiger partial charge < -0.3 is 4.90 Å². The monoisotopic (exact) mass is 263 g/mol. The predicted molar refractivity (Wildman–Crippen MR) is 81.9 cm³/mol. The maximum Gasteiger partial charge on any atom is 0.222 e. The molecule has 1 rings (SSSR count). The topological polar surface area (TPSA) is 20.3 Å². The van der Waals surface area contributed by atoms with Crippen molar-refractivity contribution in [2.24, 2.45) is 10.8 Å². The average molecular weight is 263 g/mol. The van der Waals surface area contributed by atoms with Crippen LogP contribution in [0.25, 0.3) is 0 Å². The smallest absolute Gasteiger partial charge is 0.222 e. The number of likely N-dealkylation sites (tertiary alicyclic amines) is 1. The molecule has 0 N–H and O–H groups in total. The van der Waals surface area contributed by atoms with E-state index in [1.807, 2.05) is 4.90 Å². The molecule has 19 heavy (non-hydrogen) atoms. The van der Waals surface area contributed by atoms with Gasteiger partial charge in [-0.05, 0) is 32.1 Å². The van der Waals surface area contributed by atoms with E-state index in [-0.39, 0.29) is 10.8 Å². The number of carbonyl (C=O) groups is 1. The number of amides is 1. The van der Waals surface area contributed by atoms with Crippen LogP contribution in [0.15, 0.2) is 24.3 Å². The molecule has 0 atom stereocenters. The van der Waals surface area contributed by atoms with Gasteiger partial charge in [0.05, 0.1) is 0 Å². The Kier molecular flexibility index (Phi) is 5.39. The molecule has 1 saturated heterocycles.